The van der Waals surface area contributed by atoms with Gasteiger partial charge < -0.3 is 4.74 Å². The van der Waals surface area contributed by atoms with Gasteiger partial charge in [0.2, 0.25) is 10.0 Å². The summed E-state index contributed by atoms with van der Waals surface area (Å²) in [7, 11) is -1.97. The van der Waals surface area contributed by atoms with Crippen LogP contribution in [0.5, 0.6) is 5.75 Å². The first-order valence-electron chi connectivity index (χ1n) is 9.79. The van der Waals surface area contributed by atoms with Crippen LogP contribution in [0.25, 0.3) is 10.8 Å². The van der Waals surface area contributed by atoms with Crippen LogP contribution in [0.15, 0.2) is 70.6 Å². The molecule has 150 valence electrons. The number of methoxy groups -OCH3 is 1. The molecule has 0 N–H and O–H groups in total. The molecule has 1 heterocycles. The van der Waals surface area contributed by atoms with Crippen LogP contribution in [0.1, 0.15) is 24.8 Å². The minimum absolute atomic E-state index is 0.250. The van der Waals surface area contributed by atoms with Crippen molar-refractivity contribution in [1.29, 1.82) is 0 Å². The normalized spacial score (nSPS) is 15.8. The Labute approximate surface area is 171 Å². The lowest BCUT2D eigenvalue weighted by Gasteiger charge is -2.26. The summed E-state index contributed by atoms with van der Waals surface area (Å²) in [5.74, 6) is 0.444. The molecule has 3 aromatic carbocycles. The third kappa shape index (κ3) is 4.04. The number of fused-ring (bicyclic) bond motifs is 1. The van der Waals surface area contributed by atoms with Crippen LogP contribution in [0.4, 0.5) is 5.69 Å². The first-order valence-corrected chi connectivity index (χ1v) is 11.2. The quantitative estimate of drug-likeness (QED) is 0.571. The molecule has 1 fully saturated rings. The minimum Gasteiger partial charge on any atom is -0.494 e. The Morgan fingerprint density at radius 3 is 2.52 bits per heavy atom. The van der Waals surface area contributed by atoms with E-state index in [0.717, 1.165) is 35.6 Å². The third-order valence-electron chi connectivity index (χ3n) is 5.27. The highest BCUT2D eigenvalue weighted by molar-refractivity contribution is 7.89. The molecule has 0 atom stereocenters. The molecule has 29 heavy (non-hydrogen) atoms. The van der Waals surface area contributed by atoms with E-state index >= 15 is 0 Å². The third-order valence-corrected chi connectivity index (χ3v) is 7.16. The average Bonchev–Trinajstić information content (AvgIpc) is 2.78. The second-order valence-corrected chi connectivity index (χ2v) is 9.06. The Kier molecular flexibility index (Phi) is 5.65. The smallest absolute Gasteiger partial charge is 0.243 e. The zero-order chi connectivity index (χ0) is 20.3. The number of sulfonamides is 1. The van der Waals surface area contributed by atoms with Crippen molar-refractivity contribution in [2.45, 2.75) is 24.2 Å². The van der Waals surface area contributed by atoms with Crippen molar-refractivity contribution in [2.75, 3.05) is 20.2 Å². The molecule has 1 saturated heterocycles. The molecule has 0 saturated carbocycles. The Hall–Kier alpha value is -2.70. The fourth-order valence-corrected chi connectivity index (χ4v) is 5.21. The van der Waals surface area contributed by atoms with Crippen molar-refractivity contribution in [1.82, 2.24) is 4.31 Å². The topological polar surface area (TPSA) is 59.0 Å². The molecule has 0 unspecified atom stereocenters. The second-order valence-electron chi connectivity index (χ2n) is 7.12. The van der Waals surface area contributed by atoms with Gasteiger partial charge in [-0.2, -0.15) is 4.31 Å². The number of aliphatic imine (C=N–C) groups is 1. The SMILES string of the molecule is COc1cc(S(=O)(=O)N2CCCCC2)ccc1N=Cc1cccc2ccccc12. The van der Waals surface area contributed by atoms with Gasteiger partial charge in [-0.15, -0.1) is 0 Å². The highest BCUT2D eigenvalue weighted by Gasteiger charge is 2.26. The maximum Gasteiger partial charge on any atom is 0.243 e. The van der Waals surface area contributed by atoms with Crippen molar-refractivity contribution >= 4 is 32.7 Å². The first-order chi connectivity index (χ1) is 14.1. The van der Waals surface area contributed by atoms with E-state index < -0.39 is 10.0 Å². The summed E-state index contributed by atoms with van der Waals surface area (Å²) >= 11 is 0. The van der Waals surface area contributed by atoms with Gasteiger partial charge in [-0.05, 0) is 35.7 Å². The van der Waals surface area contributed by atoms with Crippen LogP contribution in [-0.4, -0.2) is 39.1 Å². The average molecular weight is 409 g/mol. The van der Waals surface area contributed by atoms with E-state index in [1.165, 1.54) is 7.11 Å². The summed E-state index contributed by atoms with van der Waals surface area (Å²) in [6.45, 7) is 1.15. The molecule has 6 heteroatoms. The van der Waals surface area contributed by atoms with Gasteiger partial charge in [-0.1, -0.05) is 48.9 Å². The number of ether oxygens (including phenoxy) is 1. The molecule has 0 aliphatic carbocycles. The summed E-state index contributed by atoms with van der Waals surface area (Å²) in [4.78, 5) is 4.82. The van der Waals surface area contributed by atoms with Crippen molar-refractivity contribution in [3.8, 4) is 5.75 Å². The van der Waals surface area contributed by atoms with E-state index in [1.54, 1.807) is 28.7 Å². The van der Waals surface area contributed by atoms with Gasteiger partial charge >= 0.3 is 0 Å². The van der Waals surface area contributed by atoms with E-state index in [4.69, 9.17) is 4.74 Å². The molecule has 1 aliphatic heterocycles. The van der Waals surface area contributed by atoms with Crippen LogP contribution in [0.3, 0.4) is 0 Å². The predicted molar refractivity (Wildman–Crippen MR) is 117 cm³/mol. The van der Waals surface area contributed by atoms with Crippen molar-refractivity contribution < 1.29 is 13.2 Å². The fourth-order valence-electron chi connectivity index (χ4n) is 3.68. The predicted octanol–water partition coefficient (Wildman–Crippen LogP) is 4.77. The molecular formula is C23H24N2O3S. The molecule has 1 aliphatic rings. The molecule has 5 nitrogen and oxygen atoms in total. The molecule has 4 rings (SSSR count). The van der Waals surface area contributed by atoms with Crippen LogP contribution < -0.4 is 4.74 Å². The molecule has 0 amide bonds. The standard InChI is InChI=1S/C23H24N2O3S/c1-28-23-16-20(29(26,27)25-14-5-2-6-15-25)12-13-22(23)24-17-19-10-7-9-18-8-3-4-11-21(18)19/h3-4,7-13,16-17H,2,5-6,14-15H2,1H3. The number of hydrogen-bond donors (Lipinski definition) is 0. The van der Waals surface area contributed by atoms with Crippen LogP contribution in [0, 0.1) is 0 Å². The van der Waals surface area contributed by atoms with Crippen molar-refractivity contribution in [3.63, 3.8) is 0 Å². The lowest BCUT2D eigenvalue weighted by molar-refractivity contribution is 0.346. The summed E-state index contributed by atoms with van der Waals surface area (Å²) < 4.78 is 32.9. The minimum atomic E-state index is -3.51. The number of rotatable bonds is 5. The number of hydrogen-bond acceptors (Lipinski definition) is 4. The lowest BCUT2D eigenvalue weighted by Crippen LogP contribution is -2.35. The van der Waals surface area contributed by atoms with E-state index in [2.05, 4.69) is 23.2 Å². The Morgan fingerprint density at radius 2 is 1.72 bits per heavy atom. The lowest BCUT2D eigenvalue weighted by atomic mass is 10.1. The summed E-state index contributed by atoms with van der Waals surface area (Å²) in [5.41, 5.74) is 1.59. The zero-order valence-corrected chi connectivity index (χ0v) is 17.2. The molecular weight excluding hydrogens is 384 g/mol. The fraction of sp³-hybridized carbons (Fsp3) is 0.261. The van der Waals surface area contributed by atoms with Gasteiger partial charge in [0.25, 0.3) is 0 Å². The number of benzene rings is 3. The van der Waals surface area contributed by atoms with E-state index in [-0.39, 0.29) is 4.90 Å². The van der Waals surface area contributed by atoms with Crippen molar-refractivity contribution in [2.24, 2.45) is 4.99 Å². The Bertz CT molecular complexity index is 1140. The van der Waals surface area contributed by atoms with Gasteiger partial charge in [0.05, 0.1) is 12.0 Å². The van der Waals surface area contributed by atoms with E-state index in [0.29, 0.717) is 24.5 Å². The summed E-state index contributed by atoms with van der Waals surface area (Å²) in [6, 6.07) is 19.1. The monoisotopic (exact) mass is 408 g/mol. The van der Waals surface area contributed by atoms with Gasteiger partial charge in [0.1, 0.15) is 11.4 Å². The molecule has 0 bridgehead atoms. The van der Waals surface area contributed by atoms with Crippen LogP contribution >= 0.6 is 0 Å². The number of piperidine rings is 1. The molecule has 0 radical (unpaired) electrons. The number of nitrogens with zero attached hydrogens (tertiary/aromatic N) is 2. The van der Waals surface area contributed by atoms with Gasteiger partial charge in [-0.3, -0.25) is 4.99 Å². The van der Waals surface area contributed by atoms with Gasteiger partial charge in [0, 0.05) is 30.9 Å². The molecule has 3 aromatic rings. The zero-order valence-electron chi connectivity index (χ0n) is 16.4. The second kappa shape index (κ2) is 8.35. The maximum atomic E-state index is 12.9. The van der Waals surface area contributed by atoms with Crippen LogP contribution in [0.2, 0.25) is 0 Å². The highest BCUT2D eigenvalue weighted by atomic mass is 32.2. The van der Waals surface area contributed by atoms with Gasteiger partial charge in [-0.25, -0.2) is 8.42 Å². The first kappa shape index (κ1) is 19.6. The maximum absolute atomic E-state index is 12.9. The largest absolute Gasteiger partial charge is 0.494 e. The summed E-state index contributed by atoms with van der Waals surface area (Å²) in [5, 5.41) is 2.26. The summed E-state index contributed by atoms with van der Waals surface area (Å²) in [6.07, 6.45) is 4.68. The highest BCUT2D eigenvalue weighted by Crippen LogP contribution is 2.32. The van der Waals surface area contributed by atoms with E-state index in [1.807, 2.05) is 24.3 Å². The van der Waals surface area contributed by atoms with Crippen molar-refractivity contribution in [3.05, 3.63) is 66.2 Å². The van der Waals surface area contributed by atoms with Crippen LogP contribution in [-0.2, 0) is 10.0 Å². The van der Waals surface area contributed by atoms with Gasteiger partial charge in [0.15, 0.2) is 0 Å². The molecule has 0 aromatic heterocycles. The van der Waals surface area contributed by atoms with E-state index in [9.17, 15) is 8.42 Å². The Balaban J connectivity index is 1.66. The Morgan fingerprint density at radius 1 is 0.966 bits per heavy atom. The molecule has 0 spiro atoms.